The summed E-state index contributed by atoms with van der Waals surface area (Å²) in [6, 6.07) is 0. The van der Waals surface area contributed by atoms with Crippen molar-refractivity contribution in [3.8, 4) is 0 Å². The summed E-state index contributed by atoms with van der Waals surface area (Å²) in [7, 11) is 0.534. The van der Waals surface area contributed by atoms with Crippen LogP contribution < -0.4 is 5.73 Å². The van der Waals surface area contributed by atoms with Gasteiger partial charge in [0.05, 0.1) is 10.6 Å². The van der Waals surface area contributed by atoms with E-state index in [0.29, 0.717) is 0 Å². The first kappa shape index (κ1) is 12.4. The number of hydrogen-bond donors (Lipinski definition) is 1. The highest BCUT2D eigenvalue weighted by molar-refractivity contribution is 8.13. The Morgan fingerprint density at radius 3 is 2.33 bits per heavy atom. The van der Waals surface area contributed by atoms with Crippen LogP contribution in [0.2, 0.25) is 5.02 Å². The summed E-state index contributed by atoms with van der Waals surface area (Å²) >= 11 is 5.38. The third-order valence-corrected chi connectivity index (χ3v) is 3.19. The molecule has 0 atom stereocenters. The largest absolute Gasteiger partial charge is 0.383 e. The van der Waals surface area contributed by atoms with E-state index >= 15 is 0 Å². The normalized spacial score (nSPS) is 12.1. The topological polar surface area (TPSA) is 73.0 Å². The molecule has 0 aliphatic rings. The molecule has 2 N–H and O–H groups in total. The quantitative estimate of drug-likeness (QED) is 0.841. The van der Waals surface area contributed by atoms with Crippen LogP contribution in [0, 0.1) is 0 Å². The number of alkyl halides is 2. The number of anilines is 1. The van der Waals surface area contributed by atoms with Crippen LogP contribution in [0.15, 0.2) is 11.1 Å². The molecule has 0 unspecified atom stereocenters. The van der Waals surface area contributed by atoms with Crippen molar-refractivity contribution in [2.24, 2.45) is 0 Å². The first-order chi connectivity index (χ1) is 6.75. The molecule has 0 bridgehead atoms. The van der Waals surface area contributed by atoms with Gasteiger partial charge in [-0.3, -0.25) is 0 Å². The van der Waals surface area contributed by atoms with Crippen LogP contribution in [0.4, 0.5) is 14.6 Å². The minimum atomic E-state index is -4.41. The average Bonchev–Trinajstić information content (AvgIpc) is 2.05. The third-order valence-electron chi connectivity index (χ3n) is 1.51. The van der Waals surface area contributed by atoms with E-state index in [-0.39, 0.29) is 0 Å². The van der Waals surface area contributed by atoms with Crippen molar-refractivity contribution in [3.63, 3.8) is 0 Å². The Kier molecular flexibility index (Phi) is 3.37. The van der Waals surface area contributed by atoms with Gasteiger partial charge in [-0.1, -0.05) is 11.6 Å². The van der Waals surface area contributed by atoms with Gasteiger partial charge in [0.25, 0.3) is 15.5 Å². The van der Waals surface area contributed by atoms with E-state index in [1.165, 1.54) is 0 Å². The molecule has 9 heteroatoms. The van der Waals surface area contributed by atoms with E-state index in [2.05, 4.69) is 4.98 Å². The van der Waals surface area contributed by atoms with Gasteiger partial charge in [0, 0.05) is 16.9 Å². The van der Waals surface area contributed by atoms with Crippen LogP contribution in [-0.4, -0.2) is 13.4 Å². The molecule has 0 saturated carbocycles. The first-order valence-corrected chi connectivity index (χ1v) is 6.10. The molecule has 0 aromatic carbocycles. The number of rotatable bonds is 2. The molecule has 0 aliphatic heterocycles. The second-order valence-electron chi connectivity index (χ2n) is 2.47. The molecule has 15 heavy (non-hydrogen) atoms. The molecular formula is C6H4Cl2F2N2O2S. The molecule has 1 rings (SSSR count). The van der Waals surface area contributed by atoms with Crippen LogP contribution in [0.3, 0.4) is 0 Å². The minimum absolute atomic E-state index is 0.501. The van der Waals surface area contributed by atoms with Gasteiger partial charge in [-0.15, -0.1) is 0 Å². The molecular weight excluding hydrogens is 273 g/mol. The number of pyridine rings is 1. The molecule has 84 valence electrons. The maximum Gasteiger partial charge on any atom is 0.266 e. The predicted octanol–water partition coefficient (Wildman–Crippen LogP) is 2.18. The summed E-state index contributed by atoms with van der Waals surface area (Å²) < 4.78 is 47.0. The highest BCUT2D eigenvalue weighted by atomic mass is 35.7. The van der Waals surface area contributed by atoms with Gasteiger partial charge >= 0.3 is 0 Å². The summed E-state index contributed by atoms with van der Waals surface area (Å²) in [6.07, 6.45) is -2.27. The molecule has 1 aromatic heterocycles. The summed E-state index contributed by atoms with van der Waals surface area (Å²) in [5.41, 5.74) is 4.22. The van der Waals surface area contributed by atoms with Crippen molar-refractivity contribution < 1.29 is 17.2 Å². The van der Waals surface area contributed by atoms with Gasteiger partial charge in [-0.25, -0.2) is 22.2 Å². The minimum Gasteiger partial charge on any atom is -0.383 e. The zero-order valence-corrected chi connectivity index (χ0v) is 9.24. The Balaban J connectivity index is 3.68. The van der Waals surface area contributed by atoms with Gasteiger partial charge in [-0.2, -0.15) is 0 Å². The first-order valence-electron chi connectivity index (χ1n) is 3.42. The van der Waals surface area contributed by atoms with Crippen molar-refractivity contribution in [1.82, 2.24) is 4.98 Å². The molecule has 1 heterocycles. The molecule has 0 aliphatic carbocycles. The molecule has 0 fully saturated rings. The van der Waals surface area contributed by atoms with Crippen molar-refractivity contribution in [3.05, 3.63) is 16.8 Å². The number of aromatic nitrogens is 1. The standard InChI is InChI=1S/C6H4Cl2F2N2O2S/c7-2-1-12-6(11)4(15(8,13)14)3(2)5(9)10/h1,5H,(H2,11,12). The van der Waals surface area contributed by atoms with Crippen molar-refractivity contribution in [2.75, 3.05) is 5.73 Å². The van der Waals surface area contributed by atoms with Gasteiger partial charge in [-0.05, 0) is 0 Å². The summed E-state index contributed by atoms with van der Waals surface area (Å²) in [6.45, 7) is 0. The lowest BCUT2D eigenvalue weighted by molar-refractivity contribution is 0.148. The number of nitrogen functional groups attached to an aromatic ring is 1. The molecule has 0 amide bonds. The van der Waals surface area contributed by atoms with Crippen molar-refractivity contribution in [2.45, 2.75) is 11.3 Å². The van der Waals surface area contributed by atoms with E-state index in [1.807, 2.05) is 0 Å². The van der Waals surface area contributed by atoms with E-state index in [1.54, 1.807) is 0 Å². The van der Waals surface area contributed by atoms with Crippen LogP contribution in [0.25, 0.3) is 0 Å². The fourth-order valence-corrected chi connectivity index (χ4v) is 2.49. The molecule has 0 radical (unpaired) electrons. The highest BCUT2D eigenvalue weighted by Gasteiger charge is 2.28. The van der Waals surface area contributed by atoms with Crippen LogP contribution >= 0.6 is 22.3 Å². The average molecular weight is 277 g/mol. The van der Waals surface area contributed by atoms with E-state index < -0.39 is 36.8 Å². The van der Waals surface area contributed by atoms with Gasteiger partial charge in [0.1, 0.15) is 10.7 Å². The fraction of sp³-hybridized carbons (Fsp3) is 0.167. The van der Waals surface area contributed by atoms with E-state index in [4.69, 9.17) is 28.0 Å². The van der Waals surface area contributed by atoms with Crippen molar-refractivity contribution in [1.29, 1.82) is 0 Å². The van der Waals surface area contributed by atoms with Crippen LogP contribution in [0.5, 0.6) is 0 Å². The Morgan fingerprint density at radius 1 is 1.47 bits per heavy atom. The Labute approximate surface area is 93.4 Å². The molecule has 4 nitrogen and oxygen atoms in total. The predicted molar refractivity (Wildman–Crippen MR) is 51.7 cm³/mol. The lowest BCUT2D eigenvalue weighted by Gasteiger charge is -2.09. The molecule has 0 saturated heterocycles. The Hall–Kier alpha value is -0.660. The zero-order valence-electron chi connectivity index (χ0n) is 6.92. The lowest BCUT2D eigenvalue weighted by Crippen LogP contribution is -2.06. The summed E-state index contributed by atoms with van der Waals surface area (Å²) in [5, 5.41) is -0.501. The number of halogens is 4. The lowest BCUT2D eigenvalue weighted by atomic mass is 10.2. The summed E-state index contributed by atoms with van der Waals surface area (Å²) in [4.78, 5) is 2.40. The SMILES string of the molecule is Nc1ncc(Cl)c(C(F)F)c1S(=O)(=O)Cl. The maximum atomic E-state index is 12.5. The fourth-order valence-electron chi connectivity index (χ4n) is 0.960. The van der Waals surface area contributed by atoms with Crippen LogP contribution in [-0.2, 0) is 9.05 Å². The van der Waals surface area contributed by atoms with Gasteiger partial charge in [0.2, 0.25) is 0 Å². The summed E-state index contributed by atoms with van der Waals surface area (Å²) in [5.74, 6) is -0.607. The maximum absolute atomic E-state index is 12.5. The van der Waals surface area contributed by atoms with Gasteiger partial charge in [0.15, 0.2) is 0 Å². The monoisotopic (exact) mass is 276 g/mol. The van der Waals surface area contributed by atoms with Crippen molar-refractivity contribution >= 4 is 37.2 Å². The smallest absolute Gasteiger partial charge is 0.266 e. The molecule has 1 aromatic rings. The second kappa shape index (κ2) is 4.07. The number of nitrogens with zero attached hydrogens (tertiary/aromatic N) is 1. The van der Waals surface area contributed by atoms with Crippen LogP contribution in [0.1, 0.15) is 12.0 Å². The van der Waals surface area contributed by atoms with Gasteiger partial charge < -0.3 is 5.73 Å². The number of hydrogen-bond acceptors (Lipinski definition) is 4. The van der Waals surface area contributed by atoms with E-state index in [9.17, 15) is 17.2 Å². The Morgan fingerprint density at radius 2 is 2.00 bits per heavy atom. The van der Waals surface area contributed by atoms with E-state index in [0.717, 1.165) is 6.20 Å². The third kappa shape index (κ3) is 2.47. The second-order valence-corrected chi connectivity index (χ2v) is 5.38. The number of nitrogens with two attached hydrogens (primary N) is 1. The molecule has 0 spiro atoms. The highest BCUT2D eigenvalue weighted by Crippen LogP contribution is 2.36. The zero-order chi connectivity index (χ0) is 11.8. The Bertz CT molecular complexity index is 492.